The van der Waals surface area contributed by atoms with Crippen LogP contribution in [0.25, 0.3) is 0 Å². The zero-order valence-corrected chi connectivity index (χ0v) is 11.3. The van der Waals surface area contributed by atoms with E-state index in [-0.39, 0.29) is 5.75 Å². The third-order valence-corrected chi connectivity index (χ3v) is 3.62. The molecule has 19 heavy (non-hydrogen) atoms. The van der Waals surface area contributed by atoms with E-state index in [1.165, 1.54) is 11.1 Å². The van der Waals surface area contributed by atoms with Crippen LogP contribution in [0.15, 0.2) is 29.4 Å². The lowest BCUT2D eigenvalue weighted by Crippen LogP contribution is -2.07. The second-order valence-corrected chi connectivity index (χ2v) is 4.99. The molecule has 100 valence electrons. The monoisotopic (exact) mass is 278 g/mol. The number of rotatable bonds is 6. The molecule has 0 aliphatic carbocycles. The molecule has 1 heterocycles. The first-order chi connectivity index (χ1) is 9.16. The summed E-state index contributed by atoms with van der Waals surface area (Å²) in [5.74, 6) is -0.913. The van der Waals surface area contributed by atoms with Gasteiger partial charge in [0.25, 0.3) is 0 Å². The highest BCUT2D eigenvalue weighted by Gasteiger charge is 2.09. The van der Waals surface area contributed by atoms with Crippen LogP contribution in [-0.2, 0) is 17.8 Å². The number of carboxylic acid groups (broad SMARTS) is 1. The fraction of sp³-hybridized carbons (Fsp3) is 0.333. The van der Waals surface area contributed by atoms with Crippen molar-refractivity contribution < 1.29 is 9.90 Å². The van der Waals surface area contributed by atoms with Crippen LogP contribution in [0.1, 0.15) is 11.1 Å². The number of hydrogen-bond acceptors (Lipinski definition) is 5. The molecule has 0 saturated heterocycles. The van der Waals surface area contributed by atoms with Gasteiger partial charge < -0.3 is 5.11 Å². The topological polar surface area (TPSA) is 80.9 Å². The number of tetrazole rings is 1. The predicted octanol–water partition coefficient (Wildman–Crippen LogP) is 1.40. The molecule has 0 spiro atoms. The molecule has 0 fully saturated rings. The van der Waals surface area contributed by atoms with E-state index in [1.807, 2.05) is 12.1 Å². The number of nitrogens with zero attached hydrogens (tertiary/aromatic N) is 4. The summed E-state index contributed by atoms with van der Waals surface area (Å²) >= 11 is 1.13. The van der Waals surface area contributed by atoms with E-state index in [9.17, 15) is 4.79 Å². The lowest BCUT2D eigenvalue weighted by Gasteiger charge is -2.06. The molecule has 1 aromatic heterocycles. The van der Waals surface area contributed by atoms with Crippen molar-refractivity contribution >= 4 is 17.7 Å². The van der Waals surface area contributed by atoms with Gasteiger partial charge >= 0.3 is 5.97 Å². The Bertz CT molecular complexity index is 570. The molecule has 0 radical (unpaired) electrons. The van der Waals surface area contributed by atoms with Gasteiger partial charge in [0.1, 0.15) is 0 Å². The number of hydrogen-bond donors (Lipinski definition) is 1. The van der Waals surface area contributed by atoms with Gasteiger partial charge in [-0.25, -0.2) is 4.68 Å². The SMILES string of the molecule is Cc1ccccc1CCn1nnnc1SCC(=O)O. The van der Waals surface area contributed by atoms with E-state index in [2.05, 4.69) is 34.6 Å². The maximum absolute atomic E-state index is 10.5. The molecule has 0 atom stereocenters. The Morgan fingerprint density at radius 3 is 2.95 bits per heavy atom. The molecule has 7 heteroatoms. The average Bonchev–Trinajstić information content (AvgIpc) is 2.83. The fourth-order valence-electron chi connectivity index (χ4n) is 1.68. The highest BCUT2D eigenvalue weighted by atomic mass is 32.2. The Morgan fingerprint density at radius 2 is 2.21 bits per heavy atom. The summed E-state index contributed by atoms with van der Waals surface area (Å²) in [6, 6.07) is 8.14. The van der Waals surface area contributed by atoms with Gasteiger partial charge in [-0.15, -0.1) is 5.10 Å². The number of aryl methyl sites for hydroxylation is 3. The highest BCUT2D eigenvalue weighted by molar-refractivity contribution is 7.99. The Hall–Kier alpha value is -1.89. The number of aromatic nitrogens is 4. The summed E-state index contributed by atoms with van der Waals surface area (Å²) in [5.41, 5.74) is 2.47. The van der Waals surface area contributed by atoms with Crippen LogP contribution in [0.2, 0.25) is 0 Å². The van der Waals surface area contributed by atoms with Crippen molar-refractivity contribution in [3.63, 3.8) is 0 Å². The van der Waals surface area contributed by atoms with Gasteiger partial charge in [0.2, 0.25) is 5.16 Å². The summed E-state index contributed by atoms with van der Waals surface area (Å²) in [7, 11) is 0. The molecule has 2 aromatic rings. The molecule has 1 N–H and O–H groups in total. The summed E-state index contributed by atoms with van der Waals surface area (Å²) in [6.45, 7) is 2.70. The Morgan fingerprint density at radius 1 is 1.42 bits per heavy atom. The van der Waals surface area contributed by atoms with E-state index >= 15 is 0 Å². The van der Waals surface area contributed by atoms with E-state index in [0.717, 1.165) is 18.2 Å². The summed E-state index contributed by atoms with van der Waals surface area (Å²) in [4.78, 5) is 10.5. The van der Waals surface area contributed by atoms with Crippen LogP contribution >= 0.6 is 11.8 Å². The number of benzene rings is 1. The van der Waals surface area contributed by atoms with Crippen LogP contribution < -0.4 is 0 Å². The zero-order chi connectivity index (χ0) is 13.7. The van der Waals surface area contributed by atoms with Crippen LogP contribution in [-0.4, -0.2) is 37.0 Å². The van der Waals surface area contributed by atoms with Crippen molar-refractivity contribution in [2.24, 2.45) is 0 Å². The molecule has 0 saturated carbocycles. The summed E-state index contributed by atoms with van der Waals surface area (Å²) in [5, 5.41) is 20.5. The van der Waals surface area contributed by atoms with Crippen molar-refractivity contribution in [1.29, 1.82) is 0 Å². The van der Waals surface area contributed by atoms with Gasteiger partial charge in [0.15, 0.2) is 0 Å². The molecular weight excluding hydrogens is 264 g/mol. The van der Waals surface area contributed by atoms with E-state index in [0.29, 0.717) is 11.7 Å². The van der Waals surface area contributed by atoms with Gasteiger partial charge in [-0.1, -0.05) is 36.0 Å². The number of thioether (sulfide) groups is 1. The minimum Gasteiger partial charge on any atom is -0.481 e. The molecular formula is C12H14N4O2S. The van der Waals surface area contributed by atoms with Crippen molar-refractivity contribution in [2.75, 3.05) is 5.75 Å². The molecule has 1 aromatic carbocycles. The van der Waals surface area contributed by atoms with Crippen LogP contribution in [0.4, 0.5) is 0 Å². The Balaban J connectivity index is 1.98. The molecule has 0 amide bonds. The maximum atomic E-state index is 10.5. The fourth-order valence-corrected chi connectivity index (χ4v) is 2.31. The molecule has 6 nitrogen and oxygen atoms in total. The smallest absolute Gasteiger partial charge is 0.313 e. The lowest BCUT2D eigenvalue weighted by molar-refractivity contribution is -0.133. The van der Waals surface area contributed by atoms with E-state index in [1.54, 1.807) is 4.68 Å². The normalized spacial score (nSPS) is 10.6. The van der Waals surface area contributed by atoms with Gasteiger partial charge in [-0.3, -0.25) is 4.79 Å². The first-order valence-electron chi connectivity index (χ1n) is 5.82. The van der Waals surface area contributed by atoms with E-state index < -0.39 is 5.97 Å². The quantitative estimate of drug-likeness (QED) is 0.804. The third-order valence-electron chi connectivity index (χ3n) is 2.68. The number of aliphatic carboxylic acids is 1. The maximum Gasteiger partial charge on any atom is 0.313 e. The predicted molar refractivity (Wildman–Crippen MR) is 71.1 cm³/mol. The summed E-state index contributed by atoms with van der Waals surface area (Å²) < 4.78 is 1.64. The standard InChI is InChI=1S/C12H14N4O2S/c1-9-4-2-3-5-10(9)6-7-16-12(13-14-15-16)19-8-11(17)18/h2-5H,6-8H2,1H3,(H,17,18). The second kappa shape index (κ2) is 6.33. The largest absolute Gasteiger partial charge is 0.481 e. The Kier molecular flexibility index (Phi) is 4.51. The minimum atomic E-state index is -0.876. The highest BCUT2D eigenvalue weighted by Crippen LogP contribution is 2.14. The third kappa shape index (κ3) is 3.78. The first-order valence-corrected chi connectivity index (χ1v) is 6.80. The lowest BCUT2D eigenvalue weighted by atomic mass is 10.1. The van der Waals surface area contributed by atoms with Gasteiger partial charge in [-0.2, -0.15) is 0 Å². The van der Waals surface area contributed by atoms with Gasteiger partial charge in [0, 0.05) is 6.54 Å². The average molecular weight is 278 g/mol. The minimum absolute atomic E-state index is 0.0370. The Labute approximate surface area is 114 Å². The van der Waals surface area contributed by atoms with Crippen molar-refractivity contribution in [3.8, 4) is 0 Å². The molecule has 2 rings (SSSR count). The van der Waals surface area contributed by atoms with Gasteiger partial charge in [-0.05, 0) is 34.9 Å². The number of carboxylic acids is 1. The first kappa shape index (κ1) is 13.5. The van der Waals surface area contributed by atoms with Crippen molar-refractivity contribution in [1.82, 2.24) is 20.2 Å². The molecule has 0 aliphatic rings. The van der Waals surface area contributed by atoms with Crippen LogP contribution in [0, 0.1) is 6.92 Å². The zero-order valence-electron chi connectivity index (χ0n) is 10.5. The number of carbonyl (C=O) groups is 1. The summed E-state index contributed by atoms with van der Waals surface area (Å²) in [6.07, 6.45) is 0.818. The van der Waals surface area contributed by atoms with E-state index in [4.69, 9.17) is 5.11 Å². The second-order valence-electron chi connectivity index (χ2n) is 4.04. The van der Waals surface area contributed by atoms with Crippen LogP contribution in [0.5, 0.6) is 0 Å². The molecule has 0 unspecified atom stereocenters. The molecule has 0 aliphatic heterocycles. The molecule has 0 bridgehead atoms. The van der Waals surface area contributed by atoms with Gasteiger partial charge in [0.05, 0.1) is 5.75 Å². The van der Waals surface area contributed by atoms with Crippen molar-refractivity contribution in [3.05, 3.63) is 35.4 Å². The van der Waals surface area contributed by atoms with Crippen molar-refractivity contribution in [2.45, 2.75) is 25.0 Å². The van der Waals surface area contributed by atoms with Crippen LogP contribution in [0.3, 0.4) is 0 Å².